The van der Waals surface area contributed by atoms with E-state index >= 15 is 0 Å². The van der Waals surface area contributed by atoms with Crippen molar-refractivity contribution in [2.75, 3.05) is 24.6 Å². The Morgan fingerprint density at radius 2 is 2.15 bits per heavy atom. The molecule has 3 nitrogen and oxygen atoms in total. The van der Waals surface area contributed by atoms with Crippen LogP contribution in [0.5, 0.6) is 0 Å². The van der Waals surface area contributed by atoms with Crippen LogP contribution in [0.2, 0.25) is 0 Å². The van der Waals surface area contributed by atoms with Crippen molar-refractivity contribution in [2.24, 2.45) is 0 Å². The van der Waals surface area contributed by atoms with Gasteiger partial charge < -0.3 is 15.0 Å². The van der Waals surface area contributed by atoms with Crippen LogP contribution in [0.1, 0.15) is 39.2 Å². The fraction of sp³-hybridized carbons (Fsp3) is 0.647. The lowest BCUT2D eigenvalue weighted by molar-refractivity contribution is 0.0839. The molecule has 1 aliphatic rings. The van der Waals surface area contributed by atoms with Gasteiger partial charge in [-0.1, -0.05) is 31.5 Å². The molecule has 0 aliphatic carbocycles. The minimum atomic E-state index is 0.307. The van der Waals surface area contributed by atoms with Gasteiger partial charge in [0, 0.05) is 31.4 Å². The Hall–Kier alpha value is -1.06. The van der Waals surface area contributed by atoms with Gasteiger partial charge in [0.25, 0.3) is 0 Å². The van der Waals surface area contributed by atoms with Gasteiger partial charge in [0.05, 0.1) is 12.7 Å². The lowest BCUT2D eigenvalue weighted by atomic mass is 10.1. The van der Waals surface area contributed by atoms with Gasteiger partial charge in [0.2, 0.25) is 0 Å². The quantitative estimate of drug-likeness (QED) is 0.863. The molecule has 0 bridgehead atoms. The lowest BCUT2D eigenvalue weighted by Crippen LogP contribution is -2.39. The third kappa shape index (κ3) is 4.22. The summed E-state index contributed by atoms with van der Waals surface area (Å²) in [6.07, 6.45) is 2.77. The average molecular weight is 276 g/mol. The van der Waals surface area contributed by atoms with Crippen molar-refractivity contribution in [3.8, 4) is 0 Å². The molecular formula is C17H28N2O. The molecule has 3 heteroatoms. The highest BCUT2D eigenvalue weighted by molar-refractivity contribution is 5.54. The second kappa shape index (κ2) is 7.65. The lowest BCUT2D eigenvalue weighted by Gasteiger charge is -2.28. The van der Waals surface area contributed by atoms with Gasteiger partial charge in [-0.3, -0.25) is 0 Å². The molecule has 0 amide bonds. The van der Waals surface area contributed by atoms with E-state index in [9.17, 15) is 0 Å². The smallest absolute Gasteiger partial charge is 0.0645 e. The zero-order valence-corrected chi connectivity index (χ0v) is 13.1. The van der Waals surface area contributed by atoms with Crippen LogP contribution in [0.15, 0.2) is 24.3 Å². The summed E-state index contributed by atoms with van der Waals surface area (Å²) in [6.45, 7) is 10.3. The number of hydrogen-bond acceptors (Lipinski definition) is 3. The Labute approximate surface area is 123 Å². The summed E-state index contributed by atoms with van der Waals surface area (Å²) in [5.74, 6) is 0. The topological polar surface area (TPSA) is 24.5 Å². The van der Waals surface area contributed by atoms with Crippen molar-refractivity contribution in [1.82, 2.24) is 5.32 Å². The van der Waals surface area contributed by atoms with Crippen molar-refractivity contribution >= 4 is 5.69 Å². The maximum absolute atomic E-state index is 5.73. The molecule has 1 aromatic rings. The van der Waals surface area contributed by atoms with Crippen molar-refractivity contribution < 1.29 is 4.74 Å². The second-order valence-electron chi connectivity index (χ2n) is 5.86. The molecule has 1 atom stereocenters. The van der Waals surface area contributed by atoms with E-state index in [0.29, 0.717) is 12.1 Å². The Bertz CT molecular complexity index is 406. The minimum Gasteiger partial charge on any atom is -0.377 e. The second-order valence-corrected chi connectivity index (χ2v) is 5.86. The van der Waals surface area contributed by atoms with Gasteiger partial charge in [-0.15, -0.1) is 0 Å². The van der Waals surface area contributed by atoms with Crippen molar-refractivity contribution in [1.29, 1.82) is 0 Å². The number of benzene rings is 1. The Kier molecular flexibility index (Phi) is 5.86. The molecule has 1 unspecified atom stereocenters. The highest BCUT2D eigenvalue weighted by atomic mass is 16.5. The monoisotopic (exact) mass is 276 g/mol. The summed E-state index contributed by atoms with van der Waals surface area (Å²) in [5.41, 5.74) is 2.77. The van der Waals surface area contributed by atoms with Crippen LogP contribution in [0.3, 0.4) is 0 Å². The molecule has 1 N–H and O–H groups in total. The first-order chi connectivity index (χ1) is 9.70. The normalized spacial score (nSPS) is 19.0. The fourth-order valence-corrected chi connectivity index (χ4v) is 2.80. The number of fused-ring (bicyclic) bond motifs is 1. The Balaban J connectivity index is 2.07. The summed E-state index contributed by atoms with van der Waals surface area (Å²) < 4.78 is 5.73. The van der Waals surface area contributed by atoms with E-state index < -0.39 is 0 Å². The number of nitrogens with zero attached hydrogens (tertiary/aromatic N) is 1. The summed E-state index contributed by atoms with van der Waals surface area (Å²) in [5, 5.41) is 3.69. The molecule has 0 spiro atoms. The zero-order chi connectivity index (χ0) is 14.4. The van der Waals surface area contributed by atoms with Gasteiger partial charge in [-0.25, -0.2) is 0 Å². The first-order valence-corrected chi connectivity index (χ1v) is 7.88. The molecule has 0 aromatic heterocycles. The van der Waals surface area contributed by atoms with Crippen molar-refractivity contribution in [2.45, 2.75) is 52.3 Å². The first-order valence-electron chi connectivity index (χ1n) is 7.88. The number of para-hydroxylation sites is 1. The van der Waals surface area contributed by atoms with Crippen LogP contribution in [0, 0.1) is 0 Å². The highest BCUT2D eigenvalue weighted by Crippen LogP contribution is 2.24. The molecule has 20 heavy (non-hydrogen) atoms. The predicted octanol–water partition coefficient (Wildman–Crippen LogP) is 3.19. The van der Waals surface area contributed by atoms with E-state index in [4.69, 9.17) is 4.74 Å². The molecule has 1 aromatic carbocycles. The van der Waals surface area contributed by atoms with E-state index in [2.05, 4.69) is 55.3 Å². The first kappa shape index (κ1) is 15.3. The Morgan fingerprint density at radius 3 is 2.90 bits per heavy atom. The van der Waals surface area contributed by atoms with E-state index in [1.165, 1.54) is 24.1 Å². The maximum atomic E-state index is 5.73. The molecule has 0 radical (unpaired) electrons. The molecule has 2 rings (SSSR count). The van der Waals surface area contributed by atoms with Crippen LogP contribution >= 0.6 is 0 Å². The molecule has 1 aliphatic heterocycles. The van der Waals surface area contributed by atoms with Crippen LogP contribution in [-0.2, 0) is 11.3 Å². The van der Waals surface area contributed by atoms with Crippen LogP contribution in [-0.4, -0.2) is 31.8 Å². The SMILES string of the molecule is CCCC1CN(CCOC(C)C)c2ccccc2CN1. The standard InChI is InChI=1S/C17H28N2O/c1-4-7-16-13-19(10-11-20-14(2)3)17-9-6-5-8-15(17)12-18-16/h5-6,8-9,14,16,18H,4,7,10-13H2,1-3H3. The predicted molar refractivity (Wildman–Crippen MR) is 85.3 cm³/mol. The largest absolute Gasteiger partial charge is 0.377 e. The maximum Gasteiger partial charge on any atom is 0.0645 e. The van der Waals surface area contributed by atoms with Crippen LogP contribution < -0.4 is 10.2 Å². The minimum absolute atomic E-state index is 0.307. The van der Waals surface area contributed by atoms with Gasteiger partial charge in [0.1, 0.15) is 0 Å². The van der Waals surface area contributed by atoms with Crippen LogP contribution in [0.25, 0.3) is 0 Å². The number of hydrogen-bond donors (Lipinski definition) is 1. The van der Waals surface area contributed by atoms with Crippen molar-refractivity contribution in [3.63, 3.8) is 0 Å². The molecule has 112 valence electrons. The van der Waals surface area contributed by atoms with Crippen LogP contribution in [0.4, 0.5) is 5.69 Å². The molecular weight excluding hydrogens is 248 g/mol. The van der Waals surface area contributed by atoms with Gasteiger partial charge >= 0.3 is 0 Å². The molecule has 0 saturated carbocycles. The number of anilines is 1. The number of ether oxygens (including phenoxy) is 1. The summed E-state index contributed by atoms with van der Waals surface area (Å²) in [4.78, 5) is 2.48. The van der Waals surface area contributed by atoms with E-state index in [-0.39, 0.29) is 0 Å². The highest BCUT2D eigenvalue weighted by Gasteiger charge is 2.20. The van der Waals surface area contributed by atoms with Gasteiger partial charge in [-0.2, -0.15) is 0 Å². The third-order valence-electron chi connectivity index (χ3n) is 3.80. The molecule has 1 heterocycles. The van der Waals surface area contributed by atoms with Gasteiger partial charge in [0.15, 0.2) is 0 Å². The summed E-state index contributed by atoms with van der Waals surface area (Å²) in [7, 11) is 0. The van der Waals surface area contributed by atoms with E-state index in [1.807, 2.05) is 0 Å². The van der Waals surface area contributed by atoms with Gasteiger partial charge in [-0.05, 0) is 31.9 Å². The number of rotatable bonds is 6. The fourth-order valence-electron chi connectivity index (χ4n) is 2.80. The molecule has 0 fully saturated rings. The average Bonchev–Trinajstić information content (AvgIpc) is 2.60. The summed E-state index contributed by atoms with van der Waals surface area (Å²) in [6, 6.07) is 9.30. The Morgan fingerprint density at radius 1 is 1.35 bits per heavy atom. The van der Waals surface area contributed by atoms with E-state index in [1.54, 1.807) is 0 Å². The van der Waals surface area contributed by atoms with E-state index in [0.717, 1.165) is 26.2 Å². The third-order valence-corrected chi connectivity index (χ3v) is 3.80. The zero-order valence-electron chi connectivity index (χ0n) is 13.1. The van der Waals surface area contributed by atoms with Crippen molar-refractivity contribution in [3.05, 3.63) is 29.8 Å². The summed E-state index contributed by atoms with van der Waals surface area (Å²) >= 11 is 0. The number of nitrogens with one attached hydrogen (secondary N) is 1. The molecule has 0 saturated heterocycles.